The molecule has 97 heavy (non-hydrogen) atoms. The highest BCUT2D eigenvalue weighted by atomic mass is 16.7. The predicted octanol–water partition coefficient (Wildman–Crippen LogP) is 26.3. The molecule has 0 aliphatic heterocycles. The number of hydrogen-bond donors (Lipinski definition) is 0. The van der Waals surface area contributed by atoms with Gasteiger partial charge in [0.25, 0.3) is 0 Å². The lowest BCUT2D eigenvalue weighted by Crippen LogP contribution is -2.44. The van der Waals surface area contributed by atoms with Gasteiger partial charge in [-0.1, -0.05) is 422 Å². The fourth-order valence-corrected chi connectivity index (χ4v) is 13.1. The Balaban J connectivity index is 3.90. The number of aliphatic carboxylic acids is 1. The van der Waals surface area contributed by atoms with Crippen LogP contribution < -0.4 is 5.11 Å². The molecule has 0 rings (SSSR count). The van der Waals surface area contributed by atoms with Gasteiger partial charge < -0.3 is 33.3 Å². The fourth-order valence-electron chi connectivity index (χ4n) is 13.1. The van der Waals surface area contributed by atoms with Crippen LogP contribution in [0.25, 0.3) is 0 Å². The number of carbonyl (C=O) groups is 3. The summed E-state index contributed by atoms with van der Waals surface area (Å²) in [6.45, 7) is 4.72. The molecule has 2 atom stereocenters. The number of ether oxygens (including phenoxy) is 4. The van der Waals surface area contributed by atoms with Crippen molar-refractivity contribution in [1.82, 2.24) is 0 Å². The molecule has 0 saturated heterocycles. The van der Waals surface area contributed by atoms with Crippen molar-refractivity contribution in [3.63, 3.8) is 0 Å². The van der Waals surface area contributed by atoms with E-state index in [0.717, 1.165) is 57.8 Å². The average Bonchev–Trinajstić information content (AvgIpc) is 2.39. The van der Waals surface area contributed by atoms with Crippen LogP contribution in [0.2, 0.25) is 0 Å². The topological polar surface area (TPSA) is 111 Å². The lowest BCUT2D eigenvalue weighted by Gasteiger charge is -2.26. The number of carboxylic acid groups (broad SMARTS) is 1. The average molecular weight is 1370 g/mol. The maximum Gasteiger partial charge on any atom is 0.306 e. The van der Waals surface area contributed by atoms with Gasteiger partial charge in [-0.2, -0.15) is 0 Å². The summed E-state index contributed by atoms with van der Waals surface area (Å²) >= 11 is 0. The van der Waals surface area contributed by atoms with E-state index in [1.807, 2.05) is 21.1 Å². The summed E-state index contributed by atoms with van der Waals surface area (Å²) in [6, 6.07) is 0. The van der Waals surface area contributed by atoms with Crippen LogP contribution in [-0.2, 0) is 33.3 Å². The van der Waals surface area contributed by atoms with Gasteiger partial charge in [-0.3, -0.25) is 9.59 Å². The molecule has 2 unspecified atom stereocenters. The van der Waals surface area contributed by atoms with Crippen molar-refractivity contribution in [2.75, 3.05) is 47.5 Å². The Kier molecular flexibility index (Phi) is 76.7. The highest BCUT2D eigenvalue weighted by molar-refractivity contribution is 5.70. The van der Waals surface area contributed by atoms with E-state index >= 15 is 0 Å². The molecule has 0 aliphatic rings. The van der Waals surface area contributed by atoms with Crippen LogP contribution in [-0.4, -0.2) is 82.3 Å². The summed E-state index contributed by atoms with van der Waals surface area (Å²) < 4.78 is 22.9. The SMILES string of the molecule is CC/C=C\C/C=C\C/C=C\C/C=C\CCCCCCCCCCCCCCCCCCCCC(=O)OC(COC(=O)CCCCCCCCCCCCCCCCCCCCCCCCCCCCCCCCCCCCCCCCCCC)COC(OCC[N+](C)(C)C)C(=O)[O-]. The molecule has 0 aromatic carbocycles. The lowest BCUT2D eigenvalue weighted by molar-refractivity contribution is -0.870. The maximum atomic E-state index is 13.0. The van der Waals surface area contributed by atoms with Crippen LogP contribution in [0.1, 0.15) is 438 Å². The second kappa shape index (κ2) is 79.0. The number of carbonyl (C=O) groups excluding carboxylic acids is 3. The number of hydrogen-bond acceptors (Lipinski definition) is 8. The molecule has 0 radical (unpaired) electrons. The molecule has 0 spiro atoms. The van der Waals surface area contributed by atoms with E-state index in [9.17, 15) is 19.5 Å². The van der Waals surface area contributed by atoms with E-state index in [-0.39, 0.29) is 32.2 Å². The Morgan fingerprint density at radius 3 is 0.876 bits per heavy atom. The quantitative estimate of drug-likeness (QED) is 0.0195. The van der Waals surface area contributed by atoms with E-state index in [1.54, 1.807) is 0 Å². The lowest BCUT2D eigenvalue weighted by atomic mass is 10.0. The van der Waals surface area contributed by atoms with Crippen LogP contribution >= 0.6 is 0 Å². The number of rotatable bonds is 81. The van der Waals surface area contributed by atoms with Crippen LogP contribution in [0.5, 0.6) is 0 Å². The summed E-state index contributed by atoms with van der Waals surface area (Å²) in [6.07, 6.45) is 101. The van der Waals surface area contributed by atoms with Gasteiger partial charge >= 0.3 is 11.9 Å². The molecule has 0 bridgehead atoms. The molecule has 0 amide bonds. The molecule has 0 heterocycles. The second-order valence-corrected chi connectivity index (χ2v) is 30.5. The van der Waals surface area contributed by atoms with E-state index in [2.05, 4.69) is 62.5 Å². The standard InChI is InChI=1S/C88H165NO8/c1-6-8-10-12-14-16-18-20-22-24-26-28-30-32-34-36-38-39-40-41-42-43-44-45-46-47-49-50-52-54-56-58-60-62-64-66-68-70-72-74-76-78-85(90)95-82-84(83-96-88(87(92)93)94-81-80-89(3,4)5)97-86(91)79-77-75-73-71-69-67-65-63-61-59-57-55-53-51-48-37-35-33-31-29-27-25-23-21-19-17-15-13-11-9-7-2/h9,11,15,17,21,23,27,29,84,88H,6-8,10,12-14,16,18-20,22,24-26,28,30-83H2,1-5H3/b11-9-,17-15-,23-21-,29-27-. The Hall–Kier alpha value is -2.75. The van der Waals surface area contributed by atoms with Crippen LogP contribution in [0.3, 0.4) is 0 Å². The third-order valence-corrected chi connectivity index (χ3v) is 19.6. The number of likely N-dealkylation sites (N-methyl/N-ethyl adjacent to an activating group) is 1. The first-order chi connectivity index (χ1) is 47.6. The molecule has 0 fully saturated rings. The van der Waals surface area contributed by atoms with Gasteiger partial charge in [-0.15, -0.1) is 0 Å². The minimum atomic E-state index is -1.62. The molecule has 570 valence electrons. The minimum Gasteiger partial charge on any atom is -0.545 e. The summed E-state index contributed by atoms with van der Waals surface area (Å²) in [7, 11) is 5.95. The van der Waals surface area contributed by atoms with Crippen molar-refractivity contribution in [2.45, 2.75) is 450 Å². The summed E-state index contributed by atoms with van der Waals surface area (Å²) in [4.78, 5) is 37.6. The van der Waals surface area contributed by atoms with Crippen molar-refractivity contribution in [1.29, 1.82) is 0 Å². The largest absolute Gasteiger partial charge is 0.545 e. The van der Waals surface area contributed by atoms with Crippen molar-refractivity contribution < 1.29 is 42.9 Å². The zero-order valence-corrected chi connectivity index (χ0v) is 65.5. The number of quaternary nitrogens is 1. The Morgan fingerprint density at radius 1 is 0.320 bits per heavy atom. The van der Waals surface area contributed by atoms with Crippen molar-refractivity contribution in [2.24, 2.45) is 0 Å². The second-order valence-electron chi connectivity index (χ2n) is 30.5. The monoisotopic (exact) mass is 1360 g/mol. The molecule has 9 nitrogen and oxygen atoms in total. The van der Waals surface area contributed by atoms with E-state index in [0.29, 0.717) is 23.9 Å². The third-order valence-electron chi connectivity index (χ3n) is 19.6. The molecular weight excluding hydrogens is 1200 g/mol. The predicted molar refractivity (Wildman–Crippen MR) is 417 cm³/mol. The number of nitrogens with zero attached hydrogens (tertiary/aromatic N) is 1. The van der Waals surface area contributed by atoms with Crippen molar-refractivity contribution >= 4 is 17.9 Å². The number of allylic oxidation sites excluding steroid dienone is 8. The van der Waals surface area contributed by atoms with Gasteiger partial charge in [-0.25, -0.2) is 0 Å². The molecule has 0 N–H and O–H groups in total. The Labute approximate surface area is 603 Å². The molecule has 9 heteroatoms. The first-order valence-corrected chi connectivity index (χ1v) is 42.8. The highest BCUT2D eigenvalue weighted by Crippen LogP contribution is 2.21. The first kappa shape index (κ1) is 94.2. The van der Waals surface area contributed by atoms with Crippen LogP contribution in [0, 0.1) is 0 Å². The van der Waals surface area contributed by atoms with Gasteiger partial charge in [-0.05, 0) is 51.4 Å². The zero-order chi connectivity index (χ0) is 70.4. The van der Waals surface area contributed by atoms with Crippen molar-refractivity contribution in [3.8, 4) is 0 Å². The fraction of sp³-hybridized carbons (Fsp3) is 0.875. The molecule has 0 aliphatic carbocycles. The molecule has 0 aromatic heterocycles. The van der Waals surface area contributed by atoms with Gasteiger partial charge in [0.15, 0.2) is 12.4 Å². The van der Waals surface area contributed by atoms with Gasteiger partial charge in [0.2, 0.25) is 0 Å². The zero-order valence-electron chi connectivity index (χ0n) is 65.5. The Morgan fingerprint density at radius 2 is 0.588 bits per heavy atom. The number of esters is 2. The smallest absolute Gasteiger partial charge is 0.306 e. The molecular formula is C88H165NO8. The van der Waals surface area contributed by atoms with Crippen LogP contribution in [0.4, 0.5) is 0 Å². The highest BCUT2D eigenvalue weighted by Gasteiger charge is 2.22. The summed E-state index contributed by atoms with van der Waals surface area (Å²) in [5, 5.41) is 11.9. The summed E-state index contributed by atoms with van der Waals surface area (Å²) in [5.74, 6) is -2.25. The molecule has 0 saturated carbocycles. The first-order valence-electron chi connectivity index (χ1n) is 42.8. The number of carboxylic acids is 1. The Bertz CT molecular complexity index is 1730. The van der Waals surface area contributed by atoms with Crippen molar-refractivity contribution in [3.05, 3.63) is 48.6 Å². The number of unbranched alkanes of at least 4 members (excludes halogenated alkanes) is 58. The van der Waals surface area contributed by atoms with E-state index < -0.39 is 24.3 Å². The third kappa shape index (κ3) is 80.4. The summed E-state index contributed by atoms with van der Waals surface area (Å²) in [5.41, 5.74) is 0. The van der Waals surface area contributed by atoms with Gasteiger partial charge in [0.05, 0.1) is 40.3 Å². The normalized spacial score (nSPS) is 12.8. The molecule has 0 aromatic rings. The minimum absolute atomic E-state index is 0.150. The van der Waals surface area contributed by atoms with E-state index in [4.69, 9.17) is 18.9 Å². The van der Waals surface area contributed by atoms with E-state index in [1.165, 1.54) is 347 Å². The maximum absolute atomic E-state index is 13.0. The van der Waals surface area contributed by atoms with Gasteiger partial charge in [0, 0.05) is 12.8 Å². The van der Waals surface area contributed by atoms with Gasteiger partial charge in [0.1, 0.15) is 13.2 Å². The van der Waals surface area contributed by atoms with Crippen LogP contribution in [0.15, 0.2) is 48.6 Å².